The molecule has 6 rings (SSSR count). The van der Waals surface area contributed by atoms with Gasteiger partial charge in [-0.2, -0.15) is 15.1 Å². The Balaban J connectivity index is 1.40. The van der Waals surface area contributed by atoms with Crippen LogP contribution >= 0.6 is 0 Å². The average Bonchev–Trinajstić information content (AvgIpc) is 3.54. The Morgan fingerprint density at radius 3 is 2.64 bits per heavy atom. The van der Waals surface area contributed by atoms with Gasteiger partial charge < -0.3 is 19.5 Å². The molecule has 8 heteroatoms. The first kappa shape index (κ1) is 20.9. The number of anilines is 1. The van der Waals surface area contributed by atoms with Gasteiger partial charge in [0, 0.05) is 18.0 Å². The second-order valence-electron chi connectivity index (χ2n) is 10.2. The van der Waals surface area contributed by atoms with Crippen molar-refractivity contribution < 1.29 is 14.6 Å². The molecule has 3 fully saturated rings. The molecule has 3 aromatic rings. The maximum Gasteiger partial charge on any atom is 0.320 e. The van der Waals surface area contributed by atoms with Crippen molar-refractivity contribution in [3.63, 3.8) is 0 Å². The first-order valence-electron chi connectivity index (χ1n) is 11.9. The van der Waals surface area contributed by atoms with Crippen LogP contribution in [0.5, 0.6) is 6.01 Å². The molecule has 174 valence electrons. The number of aryl methyl sites for hydroxylation is 1. The van der Waals surface area contributed by atoms with E-state index in [1.165, 1.54) is 11.1 Å². The lowest BCUT2D eigenvalue weighted by Gasteiger charge is -2.34. The van der Waals surface area contributed by atoms with E-state index >= 15 is 0 Å². The SMILES string of the molecule is COc1nc(N2CC3CC2CO3)cc(-n2ncc3cc(C)c([C@H]4CC[C@@](C)(O)CC4)cc32)n1. The Kier molecular flexibility index (Phi) is 4.85. The van der Waals surface area contributed by atoms with Crippen LogP contribution in [0.25, 0.3) is 16.7 Å². The van der Waals surface area contributed by atoms with E-state index in [4.69, 9.17) is 14.6 Å². The second kappa shape index (κ2) is 7.67. The van der Waals surface area contributed by atoms with Crippen LogP contribution in [0.3, 0.4) is 0 Å². The van der Waals surface area contributed by atoms with E-state index in [-0.39, 0.29) is 6.10 Å². The highest BCUT2D eigenvalue weighted by Crippen LogP contribution is 2.40. The Labute approximate surface area is 193 Å². The molecule has 3 aliphatic rings. The summed E-state index contributed by atoms with van der Waals surface area (Å²) in [7, 11) is 1.60. The van der Waals surface area contributed by atoms with Gasteiger partial charge in [0.2, 0.25) is 0 Å². The molecule has 2 unspecified atom stereocenters. The minimum atomic E-state index is -0.537. The third kappa shape index (κ3) is 3.65. The molecule has 2 saturated heterocycles. The molecule has 1 N–H and O–H groups in total. The van der Waals surface area contributed by atoms with Gasteiger partial charge in [-0.05, 0) is 75.1 Å². The highest BCUT2D eigenvalue weighted by Gasteiger charge is 2.40. The number of methoxy groups -OCH3 is 1. The molecule has 33 heavy (non-hydrogen) atoms. The topological polar surface area (TPSA) is 85.5 Å². The Morgan fingerprint density at radius 2 is 1.94 bits per heavy atom. The Morgan fingerprint density at radius 1 is 1.15 bits per heavy atom. The molecule has 0 amide bonds. The Hall–Kier alpha value is -2.71. The van der Waals surface area contributed by atoms with Gasteiger partial charge in [-0.3, -0.25) is 0 Å². The number of hydrogen-bond acceptors (Lipinski definition) is 7. The van der Waals surface area contributed by atoms with Crippen LogP contribution in [-0.4, -0.2) is 62.9 Å². The predicted molar refractivity (Wildman–Crippen MR) is 125 cm³/mol. The second-order valence-corrected chi connectivity index (χ2v) is 10.2. The van der Waals surface area contributed by atoms with Crippen molar-refractivity contribution in [3.8, 4) is 11.8 Å². The summed E-state index contributed by atoms with van der Waals surface area (Å²) in [4.78, 5) is 11.6. The molecule has 1 aliphatic carbocycles. The van der Waals surface area contributed by atoms with Gasteiger partial charge in [0.25, 0.3) is 0 Å². The quantitative estimate of drug-likeness (QED) is 0.652. The molecule has 8 nitrogen and oxygen atoms in total. The van der Waals surface area contributed by atoms with Crippen LogP contribution in [0.4, 0.5) is 5.82 Å². The fourth-order valence-corrected chi connectivity index (χ4v) is 5.81. The zero-order valence-corrected chi connectivity index (χ0v) is 19.5. The molecular formula is C25H31N5O3. The first-order chi connectivity index (χ1) is 15.9. The van der Waals surface area contributed by atoms with Crippen LogP contribution < -0.4 is 9.64 Å². The number of aliphatic hydroxyl groups is 1. The van der Waals surface area contributed by atoms with Gasteiger partial charge in [-0.1, -0.05) is 0 Å². The van der Waals surface area contributed by atoms with Gasteiger partial charge in [-0.15, -0.1) is 0 Å². The lowest BCUT2D eigenvalue weighted by atomic mass is 9.76. The fourth-order valence-electron chi connectivity index (χ4n) is 5.81. The van der Waals surface area contributed by atoms with E-state index in [9.17, 15) is 5.11 Å². The molecule has 2 aromatic heterocycles. The fraction of sp³-hybridized carbons (Fsp3) is 0.560. The standard InChI is InChI=1S/C25H31N5O3/c1-15-8-17-12-26-30(21(17)10-20(15)16-4-6-25(2,31)7-5-16)23-11-22(27-24(28-23)32-3)29-13-19-9-18(29)14-33-19/h8,10-12,16,18-19,31H,4-7,9,13-14H2,1-3H3/t16-,18?,19?,25+. The number of rotatable bonds is 4. The summed E-state index contributed by atoms with van der Waals surface area (Å²) in [6.45, 7) is 5.72. The maximum absolute atomic E-state index is 10.4. The molecule has 2 bridgehead atoms. The van der Waals surface area contributed by atoms with Crippen molar-refractivity contribution in [1.82, 2.24) is 19.7 Å². The summed E-state index contributed by atoms with van der Waals surface area (Å²) in [6, 6.07) is 7.19. The molecule has 2 aliphatic heterocycles. The van der Waals surface area contributed by atoms with E-state index in [0.717, 1.165) is 62.0 Å². The Bertz CT molecular complexity index is 1200. The summed E-state index contributed by atoms with van der Waals surface area (Å²) in [5.74, 6) is 2.02. The van der Waals surface area contributed by atoms with Gasteiger partial charge in [0.1, 0.15) is 5.82 Å². The smallest absolute Gasteiger partial charge is 0.320 e. The average molecular weight is 450 g/mol. The van der Waals surface area contributed by atoms with Gasteiger partial charge >= 0.3 is 6.01 Å². The third-order valence-corrected chi connectivity index (χ3v) is 7.73. The number of hydrogen-bond donors (Lipinski definition) is 1. The lowest BCUT2D eigenvalue weighted by molar-refractivity contribution is 0.0171. The van der Waals surface area contributed by atoms with E-state index in [1.807, 2.05) is 23.9 Å². The largest absolute Gasteiger partial charge is 0.467 e. The molecular weight excluding hydrogens is 418 g/mol. The monoisotopic (exact) mass is 449 g/mol. The van der Waals surface area contributed by atoms with Crippen molar-refractivity contribution in [1.29, 1.82) is 0 Å². The number of aromatic nitrogens is 4. The number of benzene rings is 1. The summed E-state index contributed by atoms with van der Waals surface area (Å²) in [5.41, 5.74) is 3.12. The van der Waals surface area contributed by atoms with Crippen LogP contribution in [0.1, 0.15) is 56.1 Å². The van der Waals surface area contributed by atoms with Crippen molar-refractivity contribution in [2.75, 3.05) is 25.2 Å². The van der Waals surface area contributed by atoms with Crippen LogP contribution in [0.2, 0.25) is 0 Å². The van der Waals surface area contributed by atoms with Gasteiger partial charge in [0.15, 0.2) is 5.82 Å². The number of fused-ring (bicyclic) bond motifs is 3. The molecule has 1 aromatic carbocycles. The van der Waals surface area contributed by atoms with Crippen LogP contribution in [0, 0.1) is 6.92 Å². The normalized spacial score (nSPS) is 29.2. The number of morpholine rings is 1. The zero-order chi connectivity index (χ0) is 22.7. The van der Waals surface area contributed by atoms with Crippen LogP contribution in [-0.2, 0) is 4.74 Å². The number of nitrogens with zero attached hydrogens (tertiary/aromatic N) is 5. The lowest BCUT2D eigenvalue weighted by Crippen LogP contribution is -2.37. The minimum absolute atomic E-state index is 0.284. The summed E-state index contributed by atoms with van der Waals surface area (Å²) < 4.78 is 13.1. The summed E-state index contributed by atoms with van der Waals surface area (Å²) in [5, 5.41) is 16.2. The maximum atomic E-state index is 10.4. The molecule has 4 heterocycles. The highest BCUT2D eigenvalue weighted by molar-refractivity contribution is 5.82. The zero-order valence-electron chi connectivity index (χ0n) is 19.5. The van der Waals surface area contributed by atoms with E-state index < -0.39 is 5.60 Å². The summed E-state index contributed by atoms with van der Waals surface area (Å²) in [6.07, 6.45) is 6.90. The van der Waals surface area contributed by atoms with Crippen molar-refractivity contribution in [2.45, 2.75) is 69.6 Å². The highest BCUT2D eigenvalue weighted by atomic mass is 16.5. The van der Waals surface area contributed by atoms with Crippen molar-refractivity contribution >= 4 is 16.7 Å². The van der Waals surface area contributed by atoms with Gasteiger partial charge in [0.05, 0.1) is 43.2 Å². The molecule has 1 saturated carbocycles. The third-order valence-electron chi connectivity index (χ3n) is 7.73. The number of ether oxygens (including phenoxy) is 2. The van der Waals surface area contributed by atoms with E-state index in [2.05, 4.69) is 33.9 Å². The van der Waals surface area contributed by atoms with Crippen LogP contribution in [0.15, 0.2) is 24.4 Å². The molecule has 0 radical (unpaired) electrons. The minimum Gasteiger partial charge on any atom is -0.467 e. The van der Waals surface area contributed by atoms with Crippen molar-refractivity contribution in [3.05, 3.63) is 35.5 Å². The van der Waals surface area contributed by atoms with Crippen molar-refractivity contribution in [2.24, 2.45) is 0 Å². The van der Waals surface area contributed by atoms with E-state index in [1.54, 1.807) is 7.11 Å². The molecule has 2 atom stereocenters. The molecule has 0 spiro atoms. The van der Waals surface area contributed by atoms with E-state index in [0.29, 0.717) is 23.8 Å². The van der Waals surface area contributed by atoms with Gasteiger partial charge in [-0.25, -0.2) is 4.68 Å². The summed E-state index contributed by atoms with van der Waals surface area (Å²) >= 11 is 0. The predicted octanol–water partition coefficient (Wildman–Crippen LogP) is 3.52. The first-order valence-corrected chi connectivity index (χ1v) is 11.9.